The fraction of sp³-hybridized carbons (Fsp3) is 0.333. The van der Waals surface area contributed by atoms with E-state index < -0.39 is 11.9 Å². The standard InChI is InChI=1S/C18H19N3O3/c1-3-12-10(2)16(11-6-4-5-7-13(11)19-12)18(24)20-14-8-9-15(22)21-17(14)23/h4-7,14H,3,8-9H2,1-2H3,(H,20,24)(H,21,22,23). The number of nitrogens with one attached hydrogen (secondary N) is 2. The Hall–Kier alpha value is -2.76. The third kappa shape index (κ3) is 2.87. The number of aromatic nitrogens is 1. The van der Waals surface area contributed by atoms with Gasteiger partial charge in [-0.15, -0.1) is 0 Å². The Labute approximate surface area is 139 Å². The van der Waals surface area contributed by atoms with E-state index in [1.807, 2.05) is 38.1 Å². The van der Waals surface area contributed by atoms with Crippen molar-refractivity contribution in [2.75, 3.05) is 0 Å². The predicted molar refractivity (Wildman–Crippen MR) is 89.5 cm³/mol. The number of rotatable bonds is 3. The molecule has 1 aliphatic rings. The number of hydrogen-bond acceptors (Lipinski definition) is 4. The highest BCUT2D eigenvalue weighted by molar-refractivity contribution is 6.10. The molecule has 3 amide bonds. The summed E-state index contributed by atoms with van der Waals surface area (Å²) >= 11 is 0. The lowest BCUT2D eigenvalue weighted by atomic mass is 9.98. The number of piperidine rings is 1. The summed E-state index contributed by atoms with van der Waals surface area (Å²) in [5.41, 5.74) is 2.98. The molecule has 1 aromatic heterocycles. The molecule has 1 aliphatic heterocycles. The Morgan fingerprint density at radius 3 is 2.79 bits per heavy atom. The summed E-state index contributed by atoms with van der Waals surface area (Å²) in [6, 6.07) is 6.78. The van der Waals surface area contributed by atoms with Crippen molar-refractivity contribution < 1.29 is 14.4 Å². The molecular weight excluding hydrogens is 306 g/mol. The quantitative estimate of drug-likeness (QED) is 0.840. The minimum absolute atomic E-state index is 0.229. The van der Waals surface area contributed by atoms with Gasteiger partial charge in [-0.3, -0.25) is 24.7 Å². The highest BCUT2D eigenvalue weighted by Crippen LogP contribution is 2.24. The van der Waals surface area contributed by atoms with Crippen molar-refractivity contribution in [1.29, 1.82) is 0 Å². The Kier molecular flexibility index (Phi) is 4.29. The van der Waals surface area contributed by atoms with Gasteiger partial charge in [0.1, 0.15) is 6.04 Å². The molecule has 1 saturated heterocycles. The average molecular weight is 325 g/mol. The Bertz CT molecular complexity index is 845. The number of carbonyl (C=O) groups is 3. The number of fused-ring (bicyclic) bond motifs is 1. The first kappa shape index (κ1) is 16.1. The molecule has 1 unspecified atom stereocenters. The van der Waals surface area contributed by atoms with Gasteiger partial charge in [-0.05, 0) is 31.4 Å². The van der Waals surface area contributed by atoms with Crippen LogP contribution in [0.15, 0.2) is 24.3 Å². The van der Waals surface area contributed by atoms with E-state index in [1.54, 1.807) is 0 Å². The van der Waals surface area contributed by atoms with E-state index in [2.05, 4.69) is 15.6 Å². The molecule has 1 fully saturated rings. The van der Waals surface area contributed by atoms with Crippen LogP contribution in [-0.4, -0.2) is 28.7 Å². The van der Waals surface area contributed by atoms with Crippen LogP contribution in [0.2, 0.25) is 0 Å². The van der Waals surface area contributed by atoms with Crippen molar-refractivity contribution in [3.63, 3.8) is 0 Å². The van der Waals surface area contributed by atoms with Gasteiger partial charge in [0.15, 0.2) is 0 Å². The lowest BCUT2D eigenvalue weighted by molar-refractivity contribution is -0.134. The minimum Gasteiger partial charge on any atom is -0.340 e. The number of imide groups is 1. The van der Waals surface area contributed by atoms with E-state index in [9.17, 15) is 14.4 Å². The van der Waals surface area contributed by atoms with E-state index in [0.717, 1.165) is 28.6 Å². The van der Waals surface area contributed by atoms with Gasteiger partial charge < -0.3 is 5.32 Å². The van der Waals surface area contributed by atoms with Crippen LogP contribution in [0.3, 0.4) is 0 Å². The number of nitrogens with zero attached hydrogens (tertiary/aromatic N) is 1. The summed E-state index contributed by atoms with van der Waals surface area (Å²) in [5, 5.41) is 5.78. The van der Waals surface area contributed by atoms with Gasteiger partial charge in [0.2, 0.25) is 11.8 Å². The van der Waals surface area contributed by atoms with Crippen LogP contribution in [0.25, 0.3) is 10.9 Å². The fourth-order valence-electron chi connectivity index (χ4n) is 3.06. The normalized spacial score (nSPS) is 17.7. The summed E-state index contributed by atoms with van der Waals surface area (Å²) in [6.07, 6.45) is 1.27. The average Bonchev–Trinajstić information content (AvgIpc) is 2.56. The van der Waals surface area contributed by atoms with Crippen LogP contribution in [0.4, 0.5) is 0 Å². The van der Waals surface area contributed by atoms with E-state index in [4.69, 9.17) is 0 Å². The SMILES string of the molecule is CCc1nc2ccccc2c(C(=O)NC2CCC(=O)NC2=O)c1C. The Morgan fingerprint density at radius 1 is 1.33 bits per heavy atom. The molecule has 2 N–H and O–H groups in total. The largest absolute Gasteiger partial charge is 0.340 e. The zero-order valence-electron chi connectivity index (χ0n) is 13.7. The van der Waals surface area contributed by atoms with Crippen LogP contribution in [-0.2, 0) is 16.0 Å². The van der Waals surface area contributed by atoms with Crippen molar-refractivity contribution in [3.8, 4) is 0 Å². The Morgan fingerprint density at radius 2 is 2.08 bits per heavy atom. The highest BCUT2D eigenvalue weighted by atomic mass is 16.2. The topological polar surface area (TPSA) is 88.2 Å². The third-order valence-electron chi connectivity index (χ3n) is 4.34. The summed E-state index contributed by atoms with van der Waals surface area (Å²) in [6.45, 7) is 3.86. The van der Waals surface area contributed by atoms with Crippen LogP contribution < -0.4 is 10.6 Å². The van der Waals surface area contributed by atoms with E-state index >= 15 is 0 Å². The van der Waals surface area contributed by atoms with Gasteiger partial charge in [-0.25, -0.2) is 0 Å². The molecule has 1 atom stereocenters. The molecule has 2 aromatic rings. The van der Waals surface area contributed by atoms with Crippen molar-refractivity contribution in [3.05, 3.63) is 41.1 Å². The summed E-state index contributed by atoms with van der Waals surface area (Å²) in [5.74, 6) is -1.06. The van der Waals surface area contributed by atoms with Crippen LogP contribution in [0.5, 0.6) is 0 Å². The molecule has 24 heavy (non-hydrogen) atoms. The number of benzene rings is 1. The van der Waals surface area contributed by atoms with Gasteiger partial charge in [0, 0.05) is 17.5 Å². The van der Waals surface area contributed by atoms with E-state index in [0.29, 0.717) is 12.0 Å². The molecule has 0 radical (unpaired) electrons. The fourth-order valence-corrected chi connectivity index (χ4v) is 3.06. The minimum atomic E-state index is -0.688. The molecule has 0 aliphatic carbocycles. The van der Waals surface area contributed by atoms with Crippen LogP contribution in [0, 0.1) is 6.92 Å². The monoisotopic (exact) mass is 325 g/mol. The first-order valence-electron chi connectivity index (χ1n) is 8.04. The molecule has 1 aromatic carbocycles. The van der Waals surface area contributed by atoms with Crippen molar-refractivity contribution in [2.45, 2.75) is 39.2 Å². The second kappa shape index (κ2) is 6.39. The van der Waals surface area contributed by atoms with Crippen molar-refractivity contribution in [2.24, 2.45) is 0 Å². The van der Waals surface area contributed by atoms with Crippen LogP contribution >= 0.6 is 0 Å². The smallest absolute Gasteiger partial charge is 0.252 e. The number of amides is 3. The molecule has 6 nitrogen and oxygen atoms in total. The lowest BCUT2D eigenvalue weighted by Gasteiger charge is -2.23. The maximum atomic E-state index is 12.8. The number of pyridine rings is 1. The summed E-state index contributed by atoms with van der Waals surface area (Å²) < 4.78 is 0. The van der Waals surface area contributed by atoms with Gasteiger partial charge in [-0.2, -0.15) is 0 Å². The number of para-hydroxylation sites is 1. The molecule has 124 valence electrons. The van der Waals surface area contributed by atoms with Gasteiger partial charge >= 0.3 is 0 Å². The summed E-state index contributed by atoms with van der Waals surface area (Å²) in [4.78, 5) is 40.6. The molecule has 3 rings (SSSR count). The molecule has 6 heteroatoms. The zero-order chi connectivity index (χ0) is 17.3. The van der Waals surface area contributed by atoms with Gasteiger partial charge in [-0.1, -0.05) is 25.1 Å². The zero-order valence-corrected chi connectivity index (χ0v) is 13.7. The summed E-state index contributed by atoms with van der Waals surface area (Å²) in [7, 11) is 0. The number of hydrogen-bond donors (Lipinski definition) is 2. The molecular formula is C18H19N3O3. The lowest BCUT2D eigenvalue weighted by Crippen LogP contribution is -2.52. The Balaban J connectivity index is 1.99. The number of aryl methyl sites for hydroxylation is 1. The highest BCUT2D eigenvalue weighted by Gasteiger charge is 2.29. The van der Waals surface area contributed by atoms with Crippen LogP contribution in [0.1, 0.15) is 41.4 Å². The van der Waals surface area contributed by atoms with E-state index in [1.165, 1.54) is 0 Å². The maximum absolute atomic E-state index is 12.8. The number of carbonyl (C=O) groups excluding carboxylic acids is 3. The van der Waals surface area contributed by atoms with Gasteiger partial charge in [0.25, 0.3) is 5.91 Å². The predicted octanol–water partition coefficient (Wildman–Crippen LogP) is 1.64. The van der Waals surface area contributed by atoms with Gasteiger partial charge in [0.05, 0.1) is 11.1 Å². The third-order valence-corrected chi connectivity index (χ3v) is 4.34. The first-order valence-corrected chi connectivity index (χ1v) is 8.04. The molecule has 2 heterocycles. The maximum Gasteiger partial charge on any atom is 0.252 e. The van der Waals surface area contributed by atoms with E-state index in [-0.39, 0.29) is 18.2 Å². The first-order chi connectivity index (χ1) is 11.5. The second-order valence-corrected chi connectivity index (χ2v) is 5.91. The molecule has 0 spiro atoms. The van der Waals surface area contributed by atoms with Crippen molar-refractivity contribution >= 4 is 28.6 Å². The molecule has 0 saturated carbocycles. The second-order valence-electron chi connectivity index (χ2n) is 5.91. The molecule has 0 bridgehead atoms. The van der Waals surface area contributed by atoms with Crippen molar-refractivity contribution in [1.82, 2.24) is 15.6 Å².